The summed E-state index contributed by atoms with van der Waals surface area (Å²) in [6, 6.07) is 5.59. The highest BCUT2D eigenvalue weighted by Crippen LogP contribution is 2.46. The van der Waals surface area contributed by atoms with Gasteiger partial charge in [0.05, 0.1) is 36.3 Å². The van der Waals surface area contributed by atoms with E-state index in [1.54, 1.807) is 19.4 Å². The van der Waals surface area contributed by atoms with Crippen molar-refractivity contribution in [3.05, 3.63) is 52.7 Å². The molecule has 1 aliphatic carbocycles. The quantitative estimate of drug-likeness (QED) is 0.457. The van der Waals surface area contributed by atoms with Gasteiger partial charge in [0.25, 0.3) is 0 Å². The molecule has 10 heteroatoms. The summed E-state index contributed by atoms with van der Waals surface area (Å²) in [5, 5.41) is 13.7. The van der Waals surface area contributed by atoms with Gasteiger partial charge in [-0.25, -0.2) is 14.4 Å². The number of hydrogen-bond donors (Lipinski definition) is 2. The number of nitrogens with zero attached hydrogens (tertiary/aromatic N) is 4. The number of halogens is 2. The minimum Gasteiger partial charge on any atom is -0.494 e. The number of pyridine rings is 1. The van der Waals surface area contributed by atoms with Crippen LogP contribution >= 0.6 is 11.6 Å². The standard InChI is InChI=1S/C28H31ClFN5O3/c1-27(16-36)4-3-21-18(27)9-17(12-31-21)25-20(30)13-32-26(34-25)33-22-10-19(29)23(11-24(22)37-2)35-14-28(15-35)5-7-38-8-6-28/h9-13,36H,3-8,14-16H2,1-2H3,(H,32,33,34). The molecular weight excluding hydrogens is 509 g/mol. The Labute approximate surface area is 226 Å². The number of benzene rings is 1. The van der Waals surface area contributed by atoms with Gasteiger partial charge in [0, 0.05) is 60.7 Å². The van der Waals surface area contributed by atoms with Gasteiger partial charge in [-0.1, -0.05) is 18.5 Å². The molecule has 2 fully saturated rings. The molecule has 6 rings (SSSR count). The van der Waals surface area contributed by atoms with Crippen molar-refractivity contribution >= 4 is 28.9 Å². The SMILES string of the molecule is COc1cc(N2CC3(CCOCC3)C2)c(Cl)cc1Nc1ncc(F)c(-c2cnc3c(c2)C(C)(CO)CC3)n1. The molecule has 1 spiro atoms. The third kappa shape index (κ3) is 4.36. The molecule has 8 nitrogen and oxygen atoms in total. The zero-order valence-electron chi connectivity index (χ0n) is 21.6. The average molecular weight is 540 g/mol. The van der Waals surface area contributed by atoms with Gasteiger partial charge in [0.1, 0.15) is 11.4 Å². The highest BCUT2D eigenvalue weighted by atomic mass is 35.5. The first-order valence-corrected chi connectivity index (χ1v) is 13.3. The van der Waals surface area contributed by atoms with Gasteiger partial charge in [-0.3, -0.25) is 4.98 Å². The number of aromatic nitrogens is 3. The normalized spacial score (nSPS) is 21.8. The van der Waals surface area contributed by atoms with Gasteiger partial charge in [-0.05, 0) is 43.4 Å². The fourth-order valence-corrected chi connectivity index (χ4v) is 6.18. The predicted molar refractivity (Wildman–Crippen MR) is 144 cm³/mol. The van der Waals surface area contributed by atoms with Crippen molar-refractivity contribution in [1.82, 2.24) is 15.0 Å². The molecule has 4 heterocycles. The molecule has 2 saturated heterocycles. The maximum Gasteiger partial charge on any atom is 0.228 e. The van der Waals surface area contributed by atoms with Gasteiger partial charge in [0.15, 0.2) is 5.82 Å². The van der Waals surface area contributed by atoms with Crippen LogP contribution in [0.5, 0.6) is 5.75 Å². The maximum absolute atomic E-state index is 14.9. The van der Waals surface area contributed by atoms with Crippen molar-refractivity contribution in [2.24, 2.45) is 5.41 Å². The maximum atomic E-state index is 14.9. The zero-order valence-corrected chi connectivity index (χ0v) is 22.3. The molecule has 2 N–H and O–H groups in total. The lowest BCUT2D eigenvalue weighted by atomic mass is 9.73. The van der Waals surface area contributed by atoms with Crippen LogP contribution in [0.25, 0.3) is 11.3 Å². The number of aliphatic hydroxyl groups is 1. The van der Waals surface area contributed by atoms with Crippen LogP contribution in [-0.4, -0.2) is 60.1 Å². The van der Waals surface area contributed by atoms with Crippen molar-refractivity contribution in [3.63, 3.8) is 0 Å². The fourth-order valence-electron chi connectivity index (χ4n) is 5.89. The molecule has 0 bridgehead atoms. The van der Waals surface area contributed by atoms with Gasteiger partial charge in [0.2, 0.25) is 5.95 Å². The van der Waals surface area contributed by atoms with E-state index in [2.05, 4.69) is 25.2 Å². The molecule has 0 saturated carbocycles. The lowest BCUT2D eigenvalue weighted by molar-refractivity contribution is -0.000194. The summed E-state index contributed by atoms with van der Waals surface area (Å²) in [6.07, 6.45) is 6.50. The van der Waals surface area contributed by atoms with E-state index in [1.807, 2.05) is 19.1 Å². The van der Waals surface area contributed by atoms with E-state index < -0.39 is 11.2 Å². The number of methoxy groups -OCH3 is 1. The van der Waals surface area contributed by atoms with Crippen LogP contribution < -0.4 is 15.0 Å². The molecule has 200 valence electrons. The summed E-state index contributed by atoms with van der Waals surface area (Å²) in [5.74, 6) is 0.241. The van der Waals surface area contributed by atoms with Gasteiger partial charge in [-0.15, -0.1) is 0 Å². The monoisotopic (exact) mass is 539 g/mol. The number of ether oxygens (including phenoxy) is 2. The number of aryl methyl sites for hydroxylation is 1. The van der Waals surface area contributed by atoms with Crippen LogP contribution in [0.4, 0.5) is 21.7 Å². The largest absolute Gasteiger partial charge is 0.494 e. The van der Waals surface area contributed by atoms with E-state index >= 15 is 0 Å². The molecule has 0 amide bonds. The highest BCUT2D eigenvalue weighted by molar-refractivity contribution is 6.33. The summed E-state index contributed by atoms with van der Waals surface area (Å²) < 4.78 is 26.1. The number of rotatable bonds is 6. The van der Waals surface area contributed by atoms with Crippen molar-refractivity contribution in [2.45, 2.75) is 38.0 Å². The Morgan fingerprint density at radius 1 is 1.16 bits per heavy atom. The Morgan fingerprint density at radius 3 is 2.68 bits per heavy atom. The Kier molecular flexibility index (Phi) is 6.40. The predicted octanol–water partition coefficient (Wildman–Crippen LogP) is 4.90. The molecule has 1 aromatic carbocycles. The Bertz CT molecular complexity index is 1370. The van der Waals surface area contributed by atoms with Crippen LogP contribution in [0.3, 0.4) is 0 Å². The second-order valence-corrected chi connectivity index (χ2v) is 11.3. The number of fused-ring (bicyclic) bond motifs is 1. The first-order valence-electron chi connectivity index (χ1n) is 12.9. The lowest BCUT2D eigenvalue weighted by Gasteiger charge is -2.53. The van der Waals surface area contributed by atoms with Gasteiger partial charge in [-0.2, -0.15) is 0 Å². The second kappa shape index (κ2) is 9.63. The number of aliphatic hydroxyl groups excluding tert-OH is 1. The van der Waals surface area contributed by atoms with Crippen LogP contribution in [0.1, 0.15) is 37.4 Å². The summed E-state index contributed by atoms with van der Waals surface area (Å²) in [6.45, 7) is 5.52. The van der Waals surface area contributed by atoms with Crippen LogP contribution in [0, 0.1) is 11.2 Å². The molecule has 2 aromatic heterocycles. The van der Waals surface area contributed by atoms with Crippen LogP contribution in [-0.2, 0) is 16.6 Å². The zero-order chi connectivity index (χ0) is 26.5. The van der Waals surface area contributed by atoms with Crippen LogP contribution in [0.2, 0.25) is 5.02 Å². The topological polar surface area (TPSA) is 92.6 Å². The Hall–Kier alpha value is -3.01. The summed E-state index contributed by atoms with van der Waals surface area (Å²) in [4.78, 5) is 15.4. The first-order chi connectivity index (χ1) is 18.3. The third-order valence-electron chi connectivity index (χ3n) is 8.36. The first kappa shape index (κ1) is 25.3. The van der Waals surface area contributed by atoms with Crippen molar-refractivity contribution < 1.29 is 19.0 Å². The molecule has 0 radical (unpaired) electrons. The fraction of sp³-hybridized carbons (Fsp3) is 0.464. The molecule has 38 heavy (non-hydrogen) atoms. The summed E-state index contributed by atoms with van der Waals surface area (Å²) in [7, 11) is 1.60. The number of nitrogens with one attached hydrogen (secondary N) is 1. The van der Waals surface area contributed by atoms with Crippen molar-refractivity contribution in [2.75, 3.05) is 50.2 Å². The smallest absolute Gasteiger partial charge is 0.228 e. The molecule has 3 aliphatic rings. The van der Waals surface area contributed by atoms with Gasteiger partial charge < -0.3 is 24.8 Å². The molecule has 2 aliphatic heterocycles. The van der Waals surface area contributed by atoms with Crippen molar-refractivity contribution in [1.29, 1.82) is 0 Å². The van der Waals surface area contributed by atoms with E-state index in [4.69, 9.17) is 21.1 Å². The molecule has 1 unspecified atom stereocenters. The van der Waals surface area contributed by atoms with E-state index in [9.17, 15) is 9.50 Å². The molecular formula is C28H31ClFN5O3. The third-order valence-corrected chi connectivity index (χ3v) is 8.67. The van der Waals surface area contributed by atoms with Gasteiger partial charge >= 0.3 is 0 Å². The second-order valence-electron chi connectivity index (χ2n) is 10.9. The highest BCUT2D eigenvalue weighted by Gasteiger charge is 2.44. The average Bonchev–Trinajstić information content (AvgIpc) is 3.25. The van der Waals surface area contributed by atoms with Crippen LogP contribution in [0.15, 0.2) is 30.6 Å². The number of hydrogen-bond acceptors (Lipinski definition) is 8. The van der Waals surface area contributed by atoms with E-state index in [0.29, 0.717) is 27.4 Å². The summed E-state index contributed by atoms with van der Waals surface area (Å²) in [5.41, 5.74) is 3.96. The van der Waals surface area contributed by atoms with E-state index in [1.165, 1.54) is 0 Å². The Morgan fingerprint density at radius 2 is 1.95 bits per heavy atom. The van der Waals surface area contributed by atoms with Crippen molar-refractivity contribution in [3.8, 4) is 17.0 Å². The minimum absolute atomic E-state index is 0.00751. The lowest BCUT2D eigenvalue weighted by Crippen LogP contribution is -2.58. The van der Waals surface area contributed by atoms with E-state index in [-0.39, 0.29) is 18.2 Å². The summed E-state index contributed by atoms with van der Waals surface area (Å²) >= 11 is 6.71. The Balaban J connectivity index is 1.26. The number of anilines is 3. The molecule has 1 atom stereocenters. The minimum atomic E-state index is -0.554. The van der Waals surface area contributed by atoms with E-state index in [0.717, 1.165) is 75.1 Å². The molecule has 3 aromatic rings.